The molecule has 0 aliphatic rings. The fourth-order valence-electron chi connectivity index (χ4n) is 2.76. The Labute approximate surface area is 158 Å². The molecule has 2 heterocycles. The molecule has 2 aromatic carbocycles. The summed E-state index contributed by atoms with van der Waals surface area (Å²) in [5.41, 5.74) is 1.98. The number of nitrogens with zero attached hydrogens (tertiary/aromatic N) is 2. The molecule has 4 rings (SSSR count). The summed E-state index contributed by atoms with van der Waals surface area (Å²) in [5, 5.41) is 18.2. The smallest absolute Gasteiger partial charge is 0.162 e. The molecule has 0 saturated carbocycles. The van der Waals surface area contributed by atoms with Crippen molar-refractivity contribution in [3.05, 3.63) is 76.5 Å². The Morgan fingerprint density at radius 3 is 2.67 bits per heavy atom. The maximum absolute atomic E-state index is 13.4. The van der Waals surface area contributed by atoms with Crippen LogP contribution in [0.5, 0.6) is 0 Å². The molecule has 4 nitrogen and oxygen atoms in total. The average Bonchev–Trinajstić information content (AvgIpc) is 3.22. The van der Waals surface area contributed by atoms with Gasteiger partial charge in [-0.15, -0.1) is 0 Å². The molecule has 0 fully saturated rings. The van der Waals surface area contributed by atoms with Gasteiger partial charge < -0.3 is 10.4 Å². The van der Waals surface area contributed by atoms with Crippen molar-refractivity contribution in [2.75, 3.05) is 11.9 Å². The number of anilines is 1. The van der Waals surface area contributed by atoms with E-state index in [-0.39, 0.29) is 12.1 Å². The van der Waals surface area contributed by atoms with Gasteiger partial charge in [0.25, 0.3) is 0 Å². The Hall–Kier alpha value is -2.90. The van der Waals surface area contributed by atoms with Crippen LogP contribution in [0.3, 0.4) is 0 Å². The zero-order valence-corrected chi connectivity index (χ0v) is 14.9. The van der Waals surface area contributed by atoms with Crippen LogP contribution in [-0.2, 0) is 0 Å². The summed E-state index contributed by atoms with van der Waals surface area (Å²) in [7, 11) is 0. The summed E-state index contributed by atoms with van der Waals surface area (Å²) in [4.78, 5) is 9.17. The lowest BCUT2D eigenvalue weighted by atomic mass is 10.1. The van der Waals surface area contributed by atoms with Crippen molar-refractivity contribution in [2.45, 2.75) is 6.10 Å². The van der Waals surface area contributed by atoms with Crippen LogP contribution in [0.4, 0.5) is 14.6 Å². The molecular formula is C20H15F2N3OS. The number of para-hydroxylation sites is 1. The van der Waals surface area contributed by atoms with Gasteiger partial charge in [-0.3, -0.25) is 0 Å². The van der Waals surface area contributed by atoms with Gasteiger partial charge in [-0.05, 0) is 41.3 Å². The minimum absolute atomic E-state index is 0.0924. The Bertz CT molecular complexity index is 1090. The summed E-state index contributed by atoms with van der Waals surface area (Å²) >= 11 is 1.56. The quantitative estimate of drug-likeness (QED) is 0.521. The molecule has 4 aromatic rings. The molecule has 136 valence electrons. The number of hydrogen-bond acceptors (Lipinski definition) is 5. The van der Waals surface area contributed by atoms with Crippen LogP contribution >= 0.6 is 11.3 Å². The molecule has 0 aliphatic heterocycles. The van der Waals surface area contributed by atoms with Gasteiger partial charge >= 0.3 is 0 Å². The van der Waals surface area contributed by atoms with Crippen LogP contribution in [0.1, 0.15) is 11.7 Å². The topological polar surface area (TPSA) is 58.0 Å². The average molecular weight is 383 g/mol. The summed E-state index contributed by atoms with van der Waals surface area (Å²) in [6.45, 7) is 0.0924. The molecule has 2 N–H and O–H groups in total. The first-order chi connectivity index (χ1) is 13.1. The lowest BCUT2D eigenvalue weighted by Gasteiger charge is -2.15. The van der Waals surface area contributed by atoms with Gasteiger partial charge in [0, 0.05) is 22.9 Å². The molecule has 2 aromatic heterocycles. The lowest BCUT2D eigenvalue weighted by molar-refractivity contribution is 0.191. The SMILES string of the molecule is OC(CNc1nc(-c2ccsc2)nc2ccccc12)c1ccc(F)c(F)c1. The van der Waals surface area contributed by atoms with Crippen molar-refractivity contribution in [2.24, 2.45) is 0 Å². The Balaban J connectivity index is 1.63. The standard InChI is InChI=1S/C20H15F2N3OS/c21-15-6-5-12(9-16(15)22)18(26)10-23-20-14-3-1-2-4-17(14)24-19(25-20)13-7-8-27-11-13/h1-9,11,18,26H,10H2,(H,23,24,25). The molecule has 0 aliphatic carbocycles. The third-order valence-corrected chi connectivity index (χ3v) is 4.86. The largest absolute Gasteiger partial charge is 0.387 e. The highest BCUT2D eigenvalue weighted by atomic mass is 32.1. The number of fused-ring (bicyclic) bond motifs is 1. The van der Waals surface area contributed by atoms with E-state index in [0.29, 0.717) is 11.6 Å². The minimum Gasteiger partial charge on any atom is -0.387 e. The highest BCUT2D eigenvalue weighted by Gasteiger charge is 2.14. The van der Waals surface area contributed by atoms with E-state index >= 15 is 0 Å². The van der Waals surface area contributed by atoms with Crippen molar-refractivity contribution >= 4 is 28.1 Å². The van der Waals surface area contributed by atoms with Crippen LogP contribution < -0.4 is 5.32 Å². The molecule has 0 saturated heterocycles. The molecule has 1 unspecified atom stereocenters. The number of benzene rings is 2. The zero-order chi connectivity index (χ0) is 18.8. The molecular weight excluding hydrogens is 368 g/mol. The van der Waals surface area contributed by atoms with E-state index in [2.05, 4.69) is 15.3 Å². The third kappa shape index (κ3) is 3.65. The molecule has 7 heteroatoms. The van der Waals surface area contributed by atoms with E-state index in [1.807, 2.05) is 41.1 Å². The van der Waals surface area contributed by atoms with Crippen molar-refractivity contribution < 1.29 is 13.9 Å². The number of thiophene rings is 1. The van der Waals surface area contributed by atoms with Crippen LogP contribution in [0.15, 0.2) is 59.3 Å². The maximum Gasteiger partial charge on any atom is 0.162 e. The van der Waals surface area contributed by atoms with Crippen LogP contribution in [0.2, 0.25) is 0 Å². The highest BCUT2D eigenvalue weighted by Crippen LogP contribution is 2.26. The Morgan fingerprint density at radius 2 is 1.89 bits per heavy atom. The van der Waals surface area contributed by atoms with E-state index < -0.39 is 17.7 Å². The van der Waals surface area contributed by atoms with Crippen LogP contribution in [-0.4, -0.2) is 21.6 Å². The number of nitrogens with one attached hydrogen (secondary N) is 1. The number of halogens is 2. The lowest BCUT2D eigenvalue weighted by Crippen LogP contribution is -2.14. The van der Waals surface area contributed by atoms with Gasteiger partial charge in [-0.2, -0.15) is 11.3 Å². The molecule has 0 amide bonds. The number of aliphatic hydroxyl groups is 1. The van der Waals surface area contributed by atoms with Gasteiger partial charge in [0.05, 0.1) is 11.6 Å². The van der Waals surface area contributed by atoms with Crippen molar-refractivity contribution in [1.29, 1.82) is 0 Å². The van der Waals surface area contributed by atoms with Crippen LogP contribution in [0.25, 0.3) is 22.3 Å². The van der Waals surface area contributed by atoms with Gasteiger partial charge in [-0.25, -0.2) is 18.7 Å². The highest BCUT2D eigenvalue weighted by molar-refractivity contribution is 7.08. The van der Waals surface area contributed by atoms with Crippen LogP contribution in [0, 0.1) is 11.6 Å². The number of aliphatic hydroxyl groups excluding tert-OH is 1. The van der Waals surface area contributed by atoms with Gasteiger partial charge in [0.2, 0.25) is 0 Å². The molecule has 0 spiro atoms. The number of rotatable bonds is 5. The summed E-state index contributed by atoms with van der Waals surface area (Å²) < 4.78 is 26.5. The normalized spacial score (nSPS) is 12.3. The summed E-state index contributed by atoms with van der Waals surface area (Å²) in [6, 6.07) is 12.9. The number of aromatic nitrogens is 2. The van der Waals surface area contributed by atoms with Crippen molar-refractivity contribution in [3.63, 3.8) is 0 Å². The predicted molar refractivity (Wildman–Crippen MR) is 103 cm³/mol. The van der Waals surface area contributed by atoms with E-state index in [1.54, 1.807) is 11.3 Å². The van der Waals surface area contributed by atoms with Crippen molar-refractivity contribution in [1.82, 2.24) is 9.97 Å². The second kappa shape index (κ2) is 7.38. The predicted octanol–water partition coefficient (Wildman–Crippen LogP) is 4.78. The molecule has 0 radical (unpaired) electrons. The van der Waals surface area contributed by atoms with E-state index in [1.165, 1.54) is 6.07 Å². The second-order valence-corrected chi connectivity index (χ2v) is 6.78. The first-order valence-electron chi connectivity index (χ1n) is 8.28. The fraction of sp³-hybridized carbons (Fsp3) is 0.100. The minimum atomic E-state index is -1.02. The molecule has 0 bridgehead atoms. The Morgan fingerprint density at radius 1 is 1.04 bits per heavy atom. The van der Waals surface area contributed by atoms with Gasteiger partial charge in [-0.1, -0.05) is 18.2 Å². The first kappa shape index (κ1) is 17.5. The monoisotopic (exact) mass is 383 g/mol. The zero-order valence-electron chi connectivity index (χ0n) is 14.1. The number of hydrogen-bond donors (Lipinski definition) is 2. The first-order valence-corrected chi connectivity index (χ1v) is 9.22. The Kier molecular flexibility index (Phi) is 4.79. The summed E-state index contributed by atoms with van der Waals surface area (Å²) in [5.74, 6) is -0.775. The van der Waals surface area contributed by atoms with E-state index in [4.69, 9.17) is 0 Å². The van der Waals surface area contributed by atoms with E-state index in [9.17, 15) is 13.9 Å². The summed E-state index contributed by atoms with van der Waals surface area (Å²) in [6.07, 6.45) is -1.02. The van der Waals surface area contributed by atoms with Crippen molar-refractivity contribution in [3.8, 4) is 11.4 Å². The third-order valence-electron chi connectivity index (χ3n) is 4.17. The van der Waals surface area contributed by atoms with Gasteiger partial charge in [0.15, 0.2) is 17.5 Å². The maximum atomic E-state index is 13.4. The van der Waals surface area contributed by atoms with Gasteiger partial charge in [0.1, 0.15) is 5.82 Å². The molecule has 1 atom stereocenters. The fourth-order valence-corrected chi connectivity index (χ4v) is 3.40. The van der Waals surface area contributed by atoms with E-state index in [0.717, 1.165) is 28.6 Å². The molecule has 27 heavy (non-hydrogen) atoms. The second-order valence-electron chi connectivity index (χ2n) is 6.00.